The van der Waals surface area contributed by atoms with Gasteiger partial charge < -0.3 is 14.9 Å². The fourth-order valence-corrected chi connectivity index (χ4v) is 5.86. The molecule has 6 aromatic carbocycles. The van der Waals surface area contributed by atoms with Gasteiger partial charge >= 0.3 is 0 Å². The third-order valence-corrected chi connectivity index (χ3v) is 8.75. The number of phenols is 2. The summed E-state index contributed by atoms with van der Waals surface area (Å²) >= 11 is 3.39. The Morgan fingerprint density at radius 3 is 1.63 bits per heavy atom. The summed E-state index contributed by atoms with van der Waals surface area (Å²) in [7, 11) is 0.171. The molecule has 6 rings (SSSR count). The first-order chi connectivity index (χ1) is 23.4. The van der Waals surface area contributed by atoms with Gasteiger partial charge in [-0.3, -0.25) is 14.4 Å². The van der Waals surface area contributed by atoms with Crippen LogP contribution in [0.15, 0.2) is 95.5 Å². The zero-order valence-corrected chi connectivity index (χ0v) is 30.0. The van der Waals surface area contributed by atoms with Crippen molar-refractivity contribution < 1.29 is 29.3 Å². The second kappa shape index (κ2) is 15.9. The predicted octanol–water partition coefficient (Wildman–Crippen LogP) is 9.35. The van der Waals surface area contributed by atoms with Crippen LogP contribution in [0.2, 0.25) is 19.6 Å². The van der Waals surface area contributed by atoms with Gasteiger partial charge in [-0.15, -0.1) is 12.0 Å². The molecule has 0 amide bonds. The second-order valence-electron chi connectivity index (χ2n) is 11.9. The number of fused-ring (bicyclic) bond motifs is 3. The number of rotatable bonds is 4. The van der Waals surface area contributed by atoms with Crippen LogP contribution in [0.3, 0.4) is 0 Å². The van der Waals surface area contributed by atoms with Crippen molar-refractivity contribution in [3.8, 4) is 41.1 Å². The van der Waals surface area contributed by atoms with Crippen molar-refractivity contribution in [3.05, 3.63) is 123 Å². The smallest absolute Gasteiger partial charge is 0.154 e. The van der Waals surface area contributed by atoms with Gasteiger partial charge in [0.25, 0.3) is 0 Å². The van der Waals surface area contributed by atoms with Crippen LogP contribution in [0, 0.1) is 23.8 Å². The highest BCUT2D eigenvalue weighted by Gasteiger charge is 2.10. The Hall–Kier alpha value is -5.67. The Morgan fingerprint density at radius 1 is 0.653 bits per heavy atom. The first-order valence-corrected chi connectivity index (χ1v) is 19.3. The van der Waals surface area contributed by atoms with E-state index in [9.17, 15) is 24.6 Å². The minimum Gasteiger partial charge on any atom is -0.507 e. The van der Waals surface area contributed by atoms with E-state index in [0.717, 1.165) is 48.8 Å². The van der Waals surface area contributed by atoms with Crippen LogP contribution in [-0.2, 0) is 0 Å². The van der Waals surface area contributed by atoms with Crippen LogP contribution in [0.4, 0.5) is 0 Å². The Morgan fingerprint density at radius 2 is 1.12 bits per heavy atom. The fourth-order valence-electron chi connectivity index (χ4n) is 4.96. The van der Waals surface area contributed by atoms with Gasteiger partial charge in [0.2, 0.25) is 0 Å². The maximum atomic E-state index is 11.0. The van der Waals surface area contributed by atoms with E-state index in [2.05, 4.69) is 53.0 Å². The highest BCUT2D eigenvalue weighted by molar-refractivity contribution is 9.10. The summed E-state index contributed by atoms with van der Waals surface area (Å²) in [5.41, 5.74) is 6.25. The first-order valence-electron chi connectivity index (χ1n) is 15.1. The van der Waals surface area contributed by atoms with Gasteiger partial charge in [0, 0.05) is 15.6 Å². The number of aldehydes is 3. The summed E-state index contributed by atoms with van der Waals surface area (Å²) in [4.78, 5) is 32.8. The number of halogens is 1. The quantitative estimate of drug-likeness (QED) is 0.107. The van der Waals surface area contributed by atoms with Crippen molar-refractivity contribution in [1.29, 1.82) is 0 Å². The van der Waals surface area contributed by atoms with Gasteiger partial charge in [0.15, 0.2) is 18.9 Å². The van der Waals surface area contributed by atoms with Crippen molar-refractivity contribution >= 4 is 75.2 Å². The number of terminal acetylenes is 1. The van der Waals surface area contributed by atoms with Gasteiger partial charge in [0.1, 0.15) is 25.3 Å². The molecule has 0 bridgehead atoms. The summed E-state index contributed by atoms with van der Waals surface area (Å²) in [6, 6.07) is 27.1. The predicted molar refractivity (Wildman–Crippen MR) is 204 cm³/mol. The molecule has 0 fully saturated rings. The number of carbonyl (C=O) groups is 3. The fraction of sp³-hybridized carbons (Fsp3) is 0.0976. The third kappa shape index (κ3) is 8.82. The van der Waals surface area contributed by atoms with Crippen LogP contribution in [0.1, 0.15) is 42.2 Å². The molecule has 0 heterocycles. The molecule has 6 aromatic rings. The Labute approximate surface area is 294 Å². The van der Waals surface area contributed by atoms with Crippen molar-refractivity contribution in [2.45, 2.75) is 19.6 Å². The van der Waals surface area contributed by atoms with E-state index < -0.39 is 8.07 Å². The molecule has 0 saturated heterocycles. The molecule has 0 aromatic heterocycles. The normalized spacial score (nSPS) is 10.4. The van der Waals surface area contributed by atoms with Crippen LogP contribution in [0.5, 0.6) is 17.2 Å². The lowest BCUT2D eigenvalue weighted by atomic mass is 10.0. The van der Waals surface area contributed by atoms with Crippen molar-refractivity contribution in [2.75, 3.05) is 7.11 Å². The minimum atomic E-state index is -1.39. The number of aromatic hydroxyl groups is 2. The van der Waals surface area contributed by atoms with Crippen molar-refractivity contribution in [1.82, 2.24) is 0 Å². The van der Waals surface area contributed by atoms with E-state index in [0.29, 0.717) is 40.4 Å². The molecular formula is C41H33BrO6Si. The van der Waals surface area contributed by atoms with E-state index in [1.165, 1.54) is 6.07 Å². The zero-order valence-electron chi connectivity index (χ0n) is 27.4. The topological polar surface area (TPSA) is 101 Å². The number of methoxy groups -OCH3 is 1. The highest BCUT2D eigenvalue weighted by Crippen LogP contribution is 2.29. The van der Waals surface area contributed by atoms with Crippen LogP contribution >= 0.6 is 15.9 Å². The van der Waals surface area contributed by atoms with E-state index in [1.54, 1.807) is 43.5 Å². The number of carbonyl (C=O) groups excluding carboxylic acids is 3. The van der Waals surface area contributed by atoms with Crippen LogP contribution in [-0.4, -0.2) is 44.3 Å². The van der Waals surface area contributed by atoms with E-state index >= 15 is 0 Å². The van der Waals surface area contributed by atoms with Gasteiger partial charge in [-0.05, 0) is 86.9 Å². The lowest BCUT2D eigenvalue weighted by molar-refractivity contribution is 0.111. The second-order valence-corrected chi connectivity index (χ2v) is 17.6. The van der Waals surface area contributed by atoms with Crippen LogP contribution < -0.4 is 4.74 Å². The molecule has 0 atom stereocenters. The molecule has 0 aliphatic carbocycles. The summed E-state index contributed by atoms with van der Waals surface area (Å²) < 4.78 is 6.13. The van der Waals surface area contributed by atoms with Crippen LogP contribution in [0.25, 0.3) is 32.3 Å². The largest absolute Gasteiger partial charge is 0.507 e. The molecule has 49 heavy (non-hydrogen) atoms. The number of ether oxygens (including phenoxy) is 1. The number of hydrogen-bond donors (Lipinski definition) is 2. The molecule has 8 heteroatoms. The van der Waals surface area contributed by atoms with Gasteiger partial charge in [-0.1, -0.05) is 83.8 Å². The molecule has 0 aliphatic heterocycles. The van der Waals surface area contributed by atoms with E-state index in [1.807, 2.05) is 48.5 Å². The molecule has 0 unspecified atom stereocenters. The lowest BCUT2D eigenvalue weighted by Gasteiger charge is -2.07. The Bertz CT molecular complexity index is 2320. The summed E-state index contributed by atoms with van der Waals surface area (Å²) in [5, 5.41) is 24.3. The third-order valence-electron chi connectivity index (χ3n) is 7.38. The summed E-state index contributed by atoms with van der Waals surface area (Å²) in [5.74, 6) is 6.33. The Balaban J connectivity index is 0.000000167. The molecular weight excluding hydrogens is 696 g/mol. The van der Waals surface area contributed by atoms with Crippen molar-refractivity contribution in [3.63, 3.8) is 0 Å². The minimum absolute atomic E-state index is 0.00837. The molecule has 0 radical (unpaired) electrons. The zero-order chi connectivity index (χ0) is 35.7. The standard InChI is InChI=1S/C16H16O2Si.C13H8O2.C12H9BrO2/c1-19(2,3)9-8-12-4-6-14-13(10-12)5-7-16(18)15(14)11-17;1-2-9-3-5-11-10(7-9)4-6-13(15)12(11)8-14;1-15-12-5-2-8-6-9(13)3-4-10(8)11(12)7-14/h4-7,10-11,18H,1-3H3;1,3-8,15H;2-7H,1H3. The lowest BCUT2D eigenvalue weighted by Crippen LogP contribution is -2.16. The molecule has 2 N–H and O–H groups in total. The van der Waals surface area contributed by atoms with Gasteiger partial charge in [0.05, 0.1) is 23.8 Å². The SMILES string of the molecule is C#Cc1ccc2c(C=O)c(O)ccc2c1.COc1ccc2cc(Br)ccc2c1C=O.C[Si](C)(C)C#Cc1ccc2c(C=O)c(O)ccc2c1. The van der Waals surface area contributed by atoms with Gasteiger partial charge in [-0.25, -0.2) is 0 Å². The average Bonchev–Trinajstić information content (AvgIpc) is 3.10. The maximum Gasteiger partial charge on any atom is 0.154 e. The molecule has 0 saturated carbocycles. The number of hydrogen-bond acceptors (Lipinski definition) is 6. The average molecular weight is 730 g/mol. The van der Waals surface area contributed by atoms with E-state index in [-0.39, 0.29) is 11.5 Å². The van der Waals surface area contributed by atoms with Crippen molar-refractivity contribution in [2.24, 2.45) is 0 Å². The van der Waals surface area contributed by atoms with Gasteiger partial charge in [-0.2, -0.15) is 0 Å². The summed E-state index contributed by atoms with van der Waals surface area (Å²) in [6.45, 7) is 6.59. The number of benzene rings is 6. The first kappa shape index (κ1) is 36.2. The summed E-state index contributed by atoms with van der Waals surface area (Å²) in [6.07, 6.45) is 7.43. The molecule has 6 nitrogen and oxygen atoms in total. The Kier molecular flexibility index (Phi) is 11.8. The highest BCUT2D eigenvalue weighted by atomic mass is 79.9. The molecule has 0 aliphatic rings. The molecule has 0 spiro atoms. The maximum absolute atomic E-state index is 11.0. The molecule has 244 valence electrons. The number of phenolic OH excluding ortho intramolecular Hbond substituents is 2. The van der Waals surface area contributed by atoms with E-state index in [4.69, 9.17) is 11.2 Å². The monoisotopic (exact) mass is 728 g/mol.